The van der Waals surface area contributed by atoms with Crippen LogP contribution in [0.4, 0.5) is 0 Å². The summed E-state index contributed by atoms with van der Waals surface area (Å²) in [5.74, 6) is 0.651. The lowest BCUT2D eigenvalue weighted by atomic mass is 10.3. The summed E-state index contributed by atoms with van der Waals surface area (Å²) in [6.45, 7) is 6.49. The lowest BCUT2D eigenvalue weighted by Gasteiger charge is -2.10. The molecule has 0 spiro atoms. The molecule has 0 aromatic carbocycles. The molecule has 0 unspecified atom stereocenters. The summed E-state index contributed by atoms with van der Waals surface area (Å²) in [6, 6.07) is 4.17. The fourth-order valence-corrected chi connectivity index (χ4v) is 2.28. The van der Waals surface area contributed by atoms with Crippen LogP contribution in [0.1, 0.15) is 25.1 Å². The normalized spacial score (nSPS) is 10.7. The van der Waals surface area contributed by atoms with Crippen molar-refractivity contribution in [2.75, 3.05) is 26.2 Å². The molecule has 0 saturated carbocycles. The second-order valence-corrected chi connectivity index (χ2v) is 5.33. The van der Waals surface area contributed by atoms with E-state index in [0.29, 0.717) is 12.5 Å². The van der Waals surface area contributed by atoms with Gasteiger partial charge in [0.2, 0.25) is 5.91 Å². The smallest absolute Gasteiger partial charge is 0.241 e. The number of hydrogen-bond donors (Lipinski definition) is 3. The summed E-state index contributed by atoms with van der Waals surface area (Å²) in [7, 11) is 0. The van der Waals surface area contributed by atoms with Crippen LogP contribution in [0.15, 0.2) is 22.5 Å². The predicted molar refractivity (Wildman–Crippen MR) is 101 cm³/mol. The Kier molecular flexibility index (Phi) is 12.4. The van der Waals surface area contributed by atoms with E-state index < -0.39 is 0 Å². The van der Waals surface area contributed by atoms with E-state index >= 15 is 0 Å². The lowest BCUT2D eigenvalue weighted by Crippen LogP contribution is -2.39. The fraction of sp³-hybridized carbons (Fsp3) is 0.571. The Morgan fingerprint density at radius 2 is 2.05 bits per heavy atom. The highest BCUT2D eigenvalue weighted by atomic mass is 127. The van der Waals surface area contributed by atoms with E-state index in [2.05, 4.69) is 38.5 Å². The van der Waals surface area contributed by atoms with Gasteiger partial charge in [0.25, 0.3) is 0 Å². The molecule has 0 saturated heterocycles. The fourth-order valence-electron chi connectivity index (χ4n) is 1.57. The number of guanidine groups is 1. The van der Waals surface area contributed by atoms with E-state index in [-0.39, 0.29) is 36.4 Å². The number of nitrogens with one attached hydrogen (secondary N) is 3. The molecular formula is C14H25IN4OS. The van der Waals surface area contributed by atoms with Gasteiger partial charge in [-0.05, 0) is 31.2 Å². The van der Waals surface area contributed by atoms with Crippen molar-refractivity contribution in [3.8, 4) is 0 Å². The van der Waals surface area contributed by atoms with Gasteiger partial charge in [-0.25, -0.2) is 4.99 Å². The number of hydrogen-bond acceptors (Lipinski definition) is 3. The second kappa shape index (κ2) is 12.9. The lowest BCUT2D eigenvalue weighted by molar-refractivity contribution is -0.119. The van der Waals surface area contributed by atoms with Crippen molar-refractivity contribution in [1.29, 1.82) is 0 Å². The van der Waals surface area contributed by atoms with Crippen molar-refractivity contribution in [1.82, 2.24) is 16.0 Å². The van der Waals surface area contributed by atoms with E-state index in [9.17, 15) is 4.79 Å². The van der Waals surface area contributed by atoms with Crippen molar-refractivity contribution in [2.45, 2.75) is 26.7 Å². The molecule has 1 aromatic heterocycles. The number of halogens is 1. The maximum atomic E-state index is 11.5. The van der Waals surface area contributed by atoms with E-state index in [1.54, 1.807) is 11.3 Å². The Morgan fingerprint density at radius 1 is 1.24 bits per heavy atom. The quantitative estimate of drug-likeness (QED) is 0.340. The summed E-state index contributed by atoms with van der Waals surface area (Å²) in [4.78, 5) is 17.1. The van der Waals surface area contributed by atoms with Crippen LogP contribution in [-0.4, -0.2) is 38.0 Å². The largest absolute Gasteiger partial charge is 0.357 e. The van der Waals surface area contributed by atoms with Gasteiger partial charge in [-0.3, -0.25) is 4.79 Å². The van der Waals surface area contributed by atoms with Crippen molar-refractivity contribution < 1.29 is 4.79 Å². The number of nitrogens with zero attached hydrogens (tertiary/aromatic N) is 1. The first-order valence-corrected chi connectivity index (χ1v) is 7.95. The summed E-state index contributed by atoms with van der Waals surface area (Å²) in [6.07, 6.45) is 1.90. The molecule has 0 atom stereocenters. The summed E-state index contributed by atoms with van der Waals surface area (Å²) in [5.41, 5.74) is 0. The minimum atomic E-state index is -0.0395. The number of carbonyl (C=O) groups is 1. The van der Waals surface area contributed by atoms with Gasteiger partial charge in [0.1, 0.15) is 6.54 Å². The van der Waals surface area contributed by atoms with E-state index in [1.807, 2.05) is 13.8 Å². The molecule has 21 heavy (non-hydrogen) atoms. The molecule has 0 fully saturated rings. The number of rotatable bonds is 8. The molecule has 120 valence electrons. The number of carbonyl (C=O) groups excluding carboxylic acids is 1. The number of aliphatic imine (C=N–C) groups is 1. The van der Waals surface area contributed by atoms with Crippen LogP contribution in [-0.2, 0) is 11.2 Å². The third-order valence-electron chi connectivity index (χ3n) is 2.54. The highest BCUT2D eigenvalue weighted by molar-refractivity contribution is 14.0. The first-order chi connectivity index (χ1) is 9.76. The van der Waals surface area contributed by atoms with Gasteiger partial charge in [0, 0.05) is 24.5 Å². The van der Waals surface area contributed by atoms with E-state index in [1.165, 1.54) is 4.88 Å². The van der Waals surface area contributed by atoms with Crippen molar-refractivity contribution >= 4 is 47.2 Å². The van der Waals surface area contributed by atoms with Crippen LogP contribution < -0.4 is 16.0 Å². The zero-order valence-corrected chi connectivity index (χ0v) is 15.8. The van der Waals surface area contributed by atoms with Gasteiger partial charge < -0.3 is 16.0 Å². The average Bonchev–Trinajstić information content (AvgIpc) is 2.95. The van der Waals surface area contributed by atoms with Crippen molar-refractivity contribution in [3.05, 3.63) is 22.4 Å². The SMILES string of the molecule is CCCNC(=O)CN=C(NCC)NCCc1cccs1.I. The Bertz CT molecular complexity index is 409. The van der Waals surface area contributed by atoms with Gasteiger partial charge in [-0.2, -0.15) is 0 Å². The molecule has 7 heteroatoms. The van der Waals surface area contributed by atoms with Gasteiger partial charge >= 0.3 is 0 Å². The maximum absolute atomic E-state index is 11.5. The van der Waals surface area contributed by atoms with Crippen LogP contribution in [0.5, 0.6) is 0 Å². The van der Waals surface area contributed by atoms with Gasteiger partial charge in [-0.15, -0.1) is 35.3 Å². The molecule has 1 aromatic rings. The molecule has 5 nitrogen and oxygen atoms in total. The Hall–Kier alpha value is -0.830. The highest BCUT2D eigenvalue weighted by Crippen LogP contribution is 2.07. The van der Waals surface area contributed by atoms with Crippen LogP contribution in [0.2, 0.25) is 0 Å². The van der Waals surface area contributed by atoms with Gasteiger partial charge in [-0.1, -0.05) is 13.0 Å². The predicted octanol–water partition coefficient (Wildman–Crippen LogP) is 1.99. The molecule has 0 aliphatic heterocycles. The third kappa shape index (κ3) is 9.67. The standard InChI is InChI=1S/C14H24N4OS.HI/c1-3-8-16-13(19)11-18-14(15-4-2)17-9-7-12-6-5-10-20-12;/h5-6,10H,3-4,7-9,11H2,1-2H3,(H,16,19)(H2,15,17,18);1H. The van der Waals surface area contributed by atoms with Gasteiger partial charge in [0.05, 0.1) is 0 Å². The van der Waals surface area contributed by atoms with Crippen LogP contribution in [0.25, 0.3) is 0 Å². The monoisotopic (exact) mass is 424 g/mol. The van der Waals surface area contributed by atoms with E-state index in [0.717, 1.165) is 25.9 Å². The first-order valence-electron chi connectivity index (χ1n) is 7.07. The summed E-state index contributed by atoms with van der Waals surface area (Å²) >= 11 is 1.75. The Labute approximate surface area is 148 Å². The molecule has 0 radical (unpaired) electrons. The number of thiophene rings is 1. The number of amides is 1. The minimum absolute atomic E-state index is 0. The topological polar surface area (TPSA) is 65.5 Å². The molecule has 1 amide bonds. The second-order valence-electron chi connectivity index (χ2n) is 4.30. The highest BCUT2D eigenvalue weighted by Gasteiger charge is 2.01. The average molecular weight is 424 g/mol. The molecular weight excluding hydrogens is 399 g/mol. The van der Waals surface area contributed by atoms with Crippen LogP contribution >= 0.6 is 35.3 Å². The van der Waals surface area contributed by atoms with Crippen molar-refractivity contribution in [3.63, 3.8) is 0 Å². The van der Waals surface area contributed by atoms with Gasteiger partial charge in [0.15, 0.2) is 5.96 Å². The minimum Gasteiger partial charge on any atom is -0.357 e. The molecule has 3 N–H and O–H groups in total. The summed E-state index contributed by atoms with van der Waals surface area (Å²) in [5, 5.41) is 11.3. The first kappa shape index (κ1) is 20.2. The van der Waals surface area contributed by atoms with Crippen LogP contribution in [0.3, 0.4) is 0 Å². The Balaban J connectivity index is 0.00000400. The molecule has 1 heterocycles. The van der Waals surface area contributed by atoms with Crippen LogP contribution in [0, 0.1) is 0 Å². The molecule has 0 bridgehead atoms. The van der Waals surface area contributed by atoms with E-state index in [4.69, 9.17) is 0 Å². The molecule has 1 rings (SSSR count). The maximum Gasteiger partial charge on any atom is 0.241 e. The molecule has 0 aliphatic rings. The third-order valence-corrected chi connectivity index (χ3v) is 3.48. The van der Waals surface area contributed by atoms with Crippen molar-refractivity contribution in [2.24, 2.45) is 4.99 Å². The zero-order chi connectivity index (χ0) is 14.6. The summed E-state index contributed by atoms with van der Waals surface area (Å²) < 4.78 is 0. The molecule has 0 aliphatic carbocycles. The zero-order valence-electron chi connectivity index (χ0n) is 12.6. The Morgan fingerprint density at radius 3 is 2.67 bits per heavy atom.